The summed E-state index contributed by atoms with van der Waals surface area (Å²) in [5, 5.41) is 0. The van der Waals surface area contributed by atoms with Crippen LogP contribution in [-0.4, -0.2) is 22.9 Å². The van der Waals surface area contributed by atoms with Gasteiger partial charge in [-0.15, -0.1) is 0 Å². The Hall–Kier alpha value is 0.0600. The SMILES string of the molecule is CCS(=O)(=O)S(=O)O. The van der Waals surface area contributed by atoms with Gasteiger partial charge in [-0.25, -0.2) is 12.6 Å². The Bertz CT molecular complexity index is 178. The van der Waals surface area contributed by atoms with E-state index in [1.165, 1.54) is 6.92 Å². The van der Waals surface area contributed by atoms with Crippen LogP contribution in [0.4, 0.5) is 0 Å². The fourth-order valence-corrected chi connectivity index (χ4v) is 0.907. The third-order valence-electron chi connectivity index (χ3n) is 0.571. The van der Waals surface area contributed by atoms with Crippen molar-refractivity contribution in [2.45, 2.75) is 6.92 Å². The lowest BCUT2D eigenvalue weighted by molar-refractivity contribution is 0.562. The van der Waals surface area contributed by atoms with Gasteiger partial charge in [0.05, 0.1) is 5.75 Å². The lowest BCUT2D eigenvalue weighted by atomic mass is 11.0. The Morgan fingerprint density at radius 3 is 2.00 bits per heavy atom. The Kier molecular flexibility index (Phi) is 2.58. The summed E-state index contributed by atoms with van der Waals surface area (Å²) >= 11 is 0. The molecule has 0 heterocycles. The number of rotatable bonds is 2. The van der Waals surface area contributed by atoms with Gasteiger partial charge in [0, 0.05) is 0 Å². The summed E-state index contributed by atoms with van der Waals surface area (Å²) in [6.07, 6.45) is 0. The molecule has 0 saturated carbocycles. The fourth-order valence-electron chi connectivity index (χ4n) is 0.101. The first-order valence-corrected chi connectivity index (χ1v) is 5.12. The first-order valence-electron chi connectivity index (χ1n) is 1.85. The van der Waals surface area contributed by atoms with Crippen LogP contribution in [0.15, 0.2) is 0 Å². The Labute approximate surface area is 49.5 Å². The molecule has 0 saturated heterocycles. The van der Waals surface area contributed by atoms with Gasteiger partial charge in [0.25, 0.3) is 19.0 Å². The predicted molar refractivity (Wildman–Crippen MR) is 30.2 cm³/mol. The van der Waals surface area contributed by atoms with Crippen LogP contribution in [0.25, 0.3) is 0 Å². The summed E-state index contributed by atoms with van der Waals surface area (Å²) < 4.78 is 38.0. The standard InChI is InChI=1S/C2H6O4S2/c1-2-8(5,6)7(3)4/h2H2,1H3,(H,3,4). The van der Waals surface area contributed by atoms with Crippen molar-refractivity contribution in [3.05, 3.63) is 0 Å². The maximum absolute atomic E-state index is 10.1. The molecule has 0 amide bonds. The van der Waals surface area contributed by atoms with Gasteiger partial charge in [0.2, 0.25) is 0 Å². The Balaban J connectivity index is 4.42. The van der Waals surface area contributed by atoms with Crippen molar-refractivity contribution in [1.29, 1.82) is 0 Å². The summed E-state index contributed by atoms with van der Waals surface area (Å²) in [5.41, 5.74) is 0. The summed E-state index contributed by atoms with van der Waals surface area (Å²) in [4.78, 5) is 0. The van der Waals surface area contributed by atoms with Crippen LogP contribution in [0, 0.1) is 0 Å². The molecule has 0 rings (SSSR count). The van der Waals surface area contributed by atoms with Crippen molar-refractivity contribution in [2.24, 2.45) is 0 Å². The van der Waals surface area contributed by atoms with Crippen LogP contribution >= 0.6 is 0 Å². The zero-order valence-electron chi connectivity index (χ0n) is 4.20. The van der Waals surface area contributed by atoms with Gasteiger partial charge >= 0.3 is 0 Å². The largest absolute Gasteiger partial charge is 0.294 e. The zero-order valence-corrected chi connectivity index (χ0v) is 5.83. The molecule has 50 valence electrons. The molecule has 1 N–H and O–H groups in total. The average molecular weight is 158 g/mol. The molecule has 6 heteroatoms. The molecule has 0 aliphatic rings. The smallest absolute Gasteiger partial charge is 0.274 e. The van der Waals surface area contributed by atoms with Crippen LogP contribution in [0.1, 0.15) is 6.92 Å². The highest BCUT2D eigenvalue weighted by molar-refractivity contribution is 8.61. The van der Waals surface area contributed by atoms with Crippen molar-refractivity contribution in [1.82, 2.24) is 0 Å². The summed E-state index contributed by atoms with van der Waals surface area (Å²) in [6.45, 7) is 1.31. The third-order valence-corrected chi connectivity index (χ3v) is 3.72. The van der Waals surface area contributed by atoms with Crippen LogP contribution in [0.3, 0.4) is 0 Å². The van der Waals surface area contributed by atoms with E-state index in [1.54, 1.807) is 0 Å². The van der Waals surface area contributed by atoms with E-state index in [0.29, 0.717) is 0 Å². The van der Waals surface area contributed by atoms with E-state index < -0.39 is 19.0 Å². The minimum Gasteiger partial charge on any atom is -0.294 e. The second-order valence-corrected chi connectivity index (χ2v) is 5.57. The number of hydrogen-bond donors (Lipinski definition) is 1. The van der Waals surface area contributed by atoms with Gasteiger partial charge in [0.15, 0.2) is 0 Å². The molecule has 1 atom stereocenters. The molecule has 0 fully saturated rings. The Morgan fingerprint density at radius 2 is 2.00 bits per heavy atom. The molecule has 0 aliphatic carbocycles. The summed E-state index contributed by atoms with van der Waals surface area (Å²) in [6, 6.07) is 0. The molecule has 0 radical (unpaired) electrons. The lowest BCUT2D eigenvalue weighted by Gasteiger charge is -1.88. The van der Waals surface area contributed by atoms with E-state index in [9.17, 15) is 12.6 Å². The quantitative estimate of drug-likeness (QED) is 0.436. The molecule has 0 bridgehead atoms. The molecule has 1 unspecified atom stereocenters. The van der Waals surface area contributed by atoms with Gasteiger partial charge in [0.1, 0.15) is 0 Å². The highest BCUT2D eigenvalue weighted by atomic mass is 33.2. The maximum atomic E-state index is 10.1. The van der Waals surface area contributed by atoms with Gasteiger partial charge < -0.3 is 0 Å². The first kappa shape index (κ1) is 8.06. The van der Waals surface area contributed by atoms with Crippen molar-refractivity contribution in [3.63, 3.8) is 0 Å². The molecule has 0 aromatic carbocycles. The molecule has 0 aromatic heterocycles. The van der Waals surface area contributed by atoms with Crippen LogP contribution in [0.2, 0.25) is 0 Å². The summed E-state index contributed by atoms with van der Waals surface area (Å²) in [5.74, 6) is -0.296. The number of hydrogen-bond acceptors (Lipinski definition) is 3. The average Bonchev–Trinajstić information content (AvgIpc) is 1.67. The zero-order chi connectivity index (χ0) is 6.78. The predicted octanol–water partition coefficient (Wildman–Crippen LogP) is -0.442. The van der Waals surface area contributed by atoms with Crippen LogP contribution < -0.4 is 0 Å². The lowest BCUT2D eigenvalue weighted by Crippen LogP contribution is -2.08. The first-order chi connectivity index (χ1) is 3.50. The highest BCUT2D eigenvalue weighted by Gasteiger charge is 2.13. The molecule has 4 nitrogen and oxygen atoms in total. The molecule has 8 heavy (non-hydrogen) atoms. The summed E-state index contributed by atoms with van der Waals surface area (Å²) in [7, 11) is -6.41. The molecule has 0 aromatic rings. The second kappa shape index (κ2) is 2.56. The maximum Gasteiger partial charge on any atom is 0.274 e. The highest BCUT2D eigenvalue weighted by Crippen LogP contribution is 1.91. The molecule has 0 aliphatic heterocycles. The molecular formula is C2H6O4S2. The van der Waals surface area contributed by atoms with Crippen molar-refractivity contribution in [3.8, 4) is 0 Å². The topological polar surface area (TPSA) is 71.4 Å². The van der Waals surface area contributed by atoms with Crippen LogP contribution in [-0.2, 0) is 19.0 Å². The van der Waals surface area contributed by atoms with Gasteiger partial charge in [-0.3, -0.25) is 4.55 Å². The third kappa shape index (κ3) is 1.89. The van der Waals surface area contributed by atoms with Crippen molar-refractivity contribution < 1.29 is 17.2 Å². The van der Waals surface area contributed by atoms with E-state index in [-0.39, 0.29) is 5.75 Å². The second-order valence-electron chi connectivity index (χ2n) is 1.06. The monoisotopic (exact) mass is 158 g/mol. The Morgan fingerprint density at radius 1 is 1.62 bits per heavy atom. The van der Waals surface area contributed by atoms with Crippen molar-refractivity contribution in [2.75, 3.05) is 5.75 Å². The van der Waals surface area contributed by atoms with Gasteiger partial charge in [-0.1, -0.05) is 6.92 Å². The van der Waals surface area contributed by atoms with Crippen molar-refractivity contribution >= 4 is 19.0 Å². The van der Waals surface area contributed by atoms with Gasteiger partial charge in [-0.2, -0.15) is 0 Å². The van der Waals surface area contributed by atoms with E-state index in [0.717, 1.165) is 0 Å². The van der Waals surface area contributed by atoms with E-state index in [2.05, 4.69) is 0 Å². The van der Waals surface area contributed by atoms with E-state index in [1.807, 2.05) is 0 Å². The van der Waals surface area contributed by atoms with E-state index >= 15 is 0 Å². The van der Waals surface area contributed by atoms with Gasteiger partial charge in [-0.05, 0) is 0 Å². The minimum atomic E-state index is -3.71. The normalized spacial score (nSPS) is 15.8. The van der Waals surface area contributed by atoms with E-state index in [4.69, 9.17) is 4.55 Å². The molecule has 0 spiro atoms. The minimum absolute atomic E-state index is 0.296. The fraction of sp³-hybridized carbons (Fsp3) is 1.00. The van der Waals surface area contributed by atoms with Crippen LogP contribution in [0.5, 0.6) is 0 Å². The molecular weight excluding hydrogens is 152 g/mol.